The fraction of sp³-hybridized carbons (Fsp3) is 0.567. The van der Waals surface area contributed by atoms with Crippen LogP contribution in [0.2, 0.25) is 0 Å². The lowest BCUT2D eigenvalue weighted by Crippen LogP contribution is -2.59. The molecule has 0 aromatic heterocycles. The van der Waals surface area contributed by atoms with E-state index in [4.69, 9.17) is 14.2 Å². The fourth-order valence-electron chi connectivity index (χ4n) is 6.10. The third kappa shape index (κ3) is 4.87. The molecule has 0 bridgehead atoms. The van der Waals surface area contributed by atoms with E-state index in [2.05, 4.69) is 50.8 Å². The number of fused-ring (bicyclic) bond motifs is 1. The Balaban J connectivity index is 1.95. The molecule has 0 N–H and O–H groups in total. The Bertz CT molecular complexity index is 1100. The van der Waals surface area contributed by atoms with Crippen molar-refractivity contribution >= 4 is 17.5 Å². The summed E-state index contributed by atoms with van der Waals surface area (Å²) in [6.07, 6.45) is 3.06. The highest BCUT2D eigenvalue weighted by Crippen LogP contribution is 2.52. The molecule has 196 valence electrons. The van der Waals surface area contributed by atoms with Gasteiger partial charge < -0.3 is 19.1 Å². The lowest BCUT2D eigenvalue weighted by Gasteiger charge is -2.55. The van der Waals surface area contributed by atoms with Crippen LogP contribution in [0.4, 0.5) is 16.2 Å². The van der Waals surface area contributed by atoms with Crippen molar-refractivity contribution in [3.8, 4) is 11.5 Å². The molecule has 36 heavy (non-hydrogen) atoms. The molecule has 0 radical (unpaired) electrons. The van der Waals surface area contributed by atoms with Crippen LogP contribution in [0.1, 0.15) is 84.8 Å². The lowest BCUT2D eigenvalue weighted by molar-refractivity contribution is 0.0583. The first-order valence-electron chi connectivity index (χ1n) is 12.9. The number of carbonyl (C=O) groups excluding carboxylic acids is 1. The number of ether oxygens (including phenoxy) is 3. The normalized spacial score (nSPS) is 20.6. The summed E-state index contributed by atoms with van der Waals surface area (Å²) < 4.78 is 17.0. The summed E-state index contributed by atoms with van der Waals surface area (Å²) in [6.45, 7) is 15.5. The van der Waals surface area contributed by atoms with E-state index in [1.807, 2.05) is 39.0 Å². The van der Waals surface area contributed by atoms with E-state index in [0.29, 0.717) is 6.54 Å². The molecule has 4 rings (SSSR count). The minimum absolute atomic E-state index is 0.00661. The van der Waals surface area contributed by atoms with Crippen LogP contribution in [0.5, 0.6) is 11.5 Å². The molecule has 1 amide bonds. The average Bonchev–Trinajstić information content (AvgIpc) is 3.16. The molecule has 0 saturated carbocycles. The van der Waals surface area contributed by atoms with Crippen molar-refractivity contribution in [2.75, 3.05) is 30.6 Å². The fourth-order valence-corrected chi connectivity index (χ4v) is 6.10. The number of nitrogens with zero attached hydrogens (tertiary/aromatic N) is 2. The highest BCUT2D eigenvalue weighted by atomic mass is 16.6. The number of piperidine rings is 1. The van der Waals surface area contributed by atoms with Gasteiger partial charge in [-0.25, -0.2) is 4.79 Å². The molecule has 1 fully saturated rings. The first-order chi connectivity index (χ1) is 16.8. The van der Waals surface area contributed by atoms with Crippen LogP contribution in [0.25, 0.3) is 0 Å². The van der Waals surface area contributed by atoms with E-state index in [9.17, 15) is 4.79 Å². The molecular formula is C30H42N2O4. The Labute approximate surface area is 216 Å². The summed E-state index contributed by atoms with van der Waals surface area (Å²) in [7, 11) is 3.36. The van der Waals surface area contributed by atoms with Gasteiger partial charge in [-0.05, 0) is 85.4 Å². The molecule has 2 heterocycles. The molecule has 2 aliphatic rings. The van der Waals surface area contributed by atoms with Crippen molar-refractivity contribution in [1.29, 1.82) is 0 Å². The molecule has 1 unspecified atom stereocenters. The summed E-state index contributed by atoms with van der Waals surface area (Å²) in [4.78, 5) is 17.8. The number of hydrogen-bond acceptors (Lipinski definition) is 5. The molecule has 6 nitrogen and oxygen atoms in total. The van der Waals surface area contributed by atoms with Gasteiger partial charge in [0.05, 0.1) is 19.9 Å². The number of carbonyl (C=O) groups is 1. The summed E-state index contributed by atoms with van der Waals surface area (Å²) in [5.41, 5.74) is 3.59. The third-order valence-corrected chi connectivity index (χ3v) is 7.51. The number of methoxy groups -OCH3 is 2. The van der Waals surface area contributed by atoms with Crippen LogP contribution >= 0.6 is 0 Å². The largest absolute Gasteiger partial charge is 0.497 e. The van der Waals surface area contributed by atoms with Crippen LogP contribution in [-0.4, -0.2) is 43.5 Å². The standard InChI is InChI=1S/C30H42N2O4/c1-28(2,3)36-27(33)31-19-23(20-11-13-21(34-8)14-12-20)26-24(31)17-22(35-9)18-25(26)32-29(4,5)15-10-16-30(32,6)7/h11-14,17-18,23H,10,15-16,19H2,1-9H3. The molecule has 0 aliphatic carbocycles. The van der Waals surface area contributed by atoms with E-state index >= 15 is 0 Å². The van der Waals surface area contributed by atoms with E-state index in [-0.39, 0.29) is 23.1 Å². The van der Waals surface area contributed by atoms with Gasteiger partial charge >= 0.3 is 6.09 Å². The van der Waals surface area contributed by atoms with Gasteiger partial charge in [0, 0.05) is 46.9 Å². The molecule has 1 atom stereocenters. The summed E-state index contributed by atoms with van der Waals surface area (Å²) in [6, 6.07) is 12.3. The van der Waals surface area contributed by atoms with Crippen LogP contribution in [0.3, 0.4) is 0 Å². The number of benzene rings is 2. The molecule has 2 aromatic carbocycles. The molecule has 2 aliphatic heterocycles. The topological polar surface area (TPSA) is 51.2 Å². The van der Waals surface area contributed by atoms with Crippen molar-refractivity contribution in [2.24, 2.45) is 0 Å². The van der Waals surface area contributed by atoms with Gasteiger partial charge in [-0.3, -0.25) is 4.90 Å². The minimum atomic E-state index is -0.589. The monoisotopic (exact) mass is 494 g/mol. The van der Waals surface area contributed by atoms with Gasteiger partial charge in [-0.1, -0.05) is 12.1 Å². The quantitative estimate of drug-likeness (QED) is 0.452. The lowest BCUT2D eigenvalue weighted by atomic mass is 9.78. The SMILES string of the molecule is COc1ccc(C2CN(C(=O)OC(C)(C)C)c3cc(OC)cc(N4C(C)(C)CCCC4(C)C)c32)cc1. The van der Waals surface area contributed by atoms with Crippen LogP contribution in [-0.2, 0) is 4.74 Å². The van der Waals surface area contributed by atoms with E-state index < -0.39 is 5.60 Å². The zero-order valence-electron chi connectivity index (χ0n) is 23.4. The number of hydrogen-bond donors (Lipinski definition) is 0. The zero-order chi connectivity index (χ0) is 26.5. The van der Waals surface area contributed by atoms with E-state index in [1.165, 1.54) is 6.42 Å². The zero-order valence-corrected chi connectivity index (χ0v) is 23.4. The predicted molar refractivity (Wildman–Crippen MR) is 146 cm³/mol. The maximum absolute atomic E-state index is 13.5. The molecule has 0 spiro atoms. The van der Waals surface area contributed by atoms with Gasteiger partial charge in [-0.2, -0.15) is 0 Å². The maximum Gasteiger partial charge on any atom is 0.414 e. The second-order valence-corrected chi connectivity index (χ2v) is 12.3. The Hall–Kier alpha value is -2.89. The summed E-state index contributed by atoms with van der Waals surface area (Å²) in [5, 5.41) is 0. The maximum atomic E-state index is 13.5. The molecule has 6 heteroatoms. The van der Waals surface area contributed by atoms with Crippen LogP contribution < -0.4 is 19.3 Å². The Morgan fingerprint density at radius 3 is 1.97 bits per heavy atom. The highest BCUT2D eigenvalue weighted by molar-refractivity contribution is 5.94. The van der Waals surface area contributed by atoms with Crippen molar-refractivity contribution in [2.45, 2.75) is 90.3 Å². The smallest absolute Gasteiger partial charge is 0.414 e. The first-order valence-corrected chi connectivity index (χ1v) is 12.9. The van der Waals surface area contributed by atoms with Crippen molar-refractivity contribution in [3.05, 3.63) is 47.5 Å². The summed E-state index contributed by atoms with van der Waals surface area (Å²) >= 11 is 0. The van der Waals surface area contributed by atoms with E-state index in [0.717, 1.165) is 46.8 Å². The molecular weight excluding hydrogens is 452 g/mol. The third-order valence-electron chi connectivity index (χ3n) is 7.51. The van der Waals surface area contributed by atoms with Crippen molar-refractivity contribution < 1.29 is 19.0 Å². The minimum Gasteiger partial charge on any atom is -0.497 e. The number of amides is 1. The van der Waals surface area contributed by atoms with E-state index in [1.54, 1.807) is 19.1 Å². The van der Waals surface area contributed by atoms with Crippen molar-refractivity contribution in [3.63, 3.8) is 0 Å². The summed E-state index contributed by atoms with van der Waals surface area (Å²) in [5.74, 6) is 1.55. The van der Waals surface area contributed by atoms with Gasteiger partial charge in [-0.15, -0.1) is 0 Å². The van der Waals surface area contributed by atoms with Crippen LogP contribution in [0, 0.1) is 0 Å². The number of anilines is 2. The Kier molecular flexibility index (Phi) is 6.69. The van der Waals surface area contributed by atoms with Crippen LogP contribution in [0.15, 0.2) is 36.4 Å². The van der Waals surface area contributed by atoms with Gasteiger partial charge in [0.25, 0.3) is 0 Å². The average molecular weight is 495 g/mol. The van der Waals surface area contributed by atoms with Gasteiger partial charge in [0.15, 0.2) is 0 Å². The first kappa shape index (κ1) is 26.2. The highest BCUT2D eigenvalue weighted by Gasteiger charge is 2.46. The number of rotatable bonds is 4. The molecule has 2 aromatic rings. The van der Waals surface area contributed by atoms with Gasteiger partial charge in [0.1, 0.15) is 17.1 Å². The Morgan fingerprint density at radius 1 is 0.889 bits per heavy atom. The molecule has 1 saturated heterocycles. The van der Waals surface area contributed by atoms with Gasteiger partial charge in [0.2, 0.25) is 0 Å². The van der Waals surface area contributed by atoms with Crippen molar-refractivity contribution in [1.82, 2.24) is 0 Å². The Morgan fingerprint density at radius 2 is 1.44 bits per heavy atom. The second kappa shape index (κ2) is 9.20. The predicted octanol–water partition coefficient (Wildman–Crippen LogP) is 7.14. The second-order valence-electron chi connectivity index (χ2n) is 12.3.